The van der Waals surface area contributed by atoms with E-state index in [0.717, 1.165) is 35.2 Å². The Balaban J connectivity index is 1.26. The number of fused-ring (bicyclic) bond motifs is 2. The maximum Gasteiger partial charge on any atom is 0.416 e. The zero-order valence-corrected chi connectivity index (χ0v) is 19.1. The zero-order chi connectivity index (χ0) is 24.2. The molecule has 1 unspecified atom stereocenters. The summed E-state index contributed by atoms with van der Waals surface area (Å²) in [5.74, 6) is 0. The van der Waals surface area contributed by atoms with Crippen molar-refractivity contribution in [3.63, 3.8) is 0 Å². The molecule has 2 fully saturated rings. The summed E-state index contributed by atoms with van der Waals surface area (Å²) in [6, 6.07) is 16.5. The average molecular weight is 501 g/mol. The van der Waals surface area contributed by atoms with Crippen LogP contribution in [0.2, 0.25) is 5.02 Å². The fourth-order valence-corrected chi connectivity index (χ4v) is 4.95. The molecule has 0 bridgehead atoms. The van der Waals surface area contributed by atoms with Crippen molar-refractivity contribution >= 4 is 22.6 Å². The van der Waals surface area contributed by atoms with E-state index in [-0.39, 0.29) is 18.3 Å². The first-order chi connectivity index (χ1) is 16.8. The lowest BCUT2D eigenvalue weighted by Gasteiger charge is -2.15. The van der Waals surface area contributed by atoms with E-state index >= 15 is 0 Å². The topological polar surface area (TPSA) is 56.4 Å². The summed E-state index contributed by atoms with van der Waals surface area (Å²) in [6.45, 7) is 1.12. The molecule has 3 heterocycles. The lowest BCUT2D eigenvalue weighted by atomic mass is 9.99. The summed E-state index contributed by atoms with van der Waals surface area (Å²) >= 11 is 6.56. The van der Waals surface area contributed by atoms with E-state index in [4.69, 9.17) is 25.8 Å². The fraction of sp³-hybridized carbons (Fsp3) is 0.269. The Morgan fingerprint density at radius 2 is 1.77 bits per heavy atom. The first-order valence-corrected chi connectivity index (χ1v) is 11.6. The van der Waals surface area contributed by atoms with Gasteiger partial charge in [0.05, 0.1) is 34.3 Å². The highest BCUT2D eigenvalue weighted by atomic mass is 35.5. The normalized spacial score (nSPS) is 22.0. The number of hydrogen-bond donors (Lipinski definition) is 1. The van der Waals surface area contributed by atoms with Crippen LogP contribution in [0, 0.1) is 0 Å². The Hall–Kier alpha value is -3.07. The molecule has 2 aliphatic rings. The molecule has 3 atom stereocenters. The van der Waals surface area contributed by atoms with Crippen molar-refractivity contribution in [1.82, 2.24) is 9.97 Å². The highest BCUT2D eigenvalue weighted by Gasteiger charge is 2.43. The Bertz CT molecular complexity index is 1390. The predicted octanol–water partition coefficient (Wildman–Crippen LogP) is 6.50. The fourth-order valence-electron chi connectivity index (χ4n) is 4.68. The van der Waals surface area contributed by atoms with Crippen LogP contribution in [0.15, 0.2) is 60.7 Å². The van der Waals surface area contributed by atoms with Crippen LogP contribution in [0.4, 0.5) is 13.2 Å². The summed E-state index contributed by atoms with van der Waals surface area (Å²) < 4.78 is 56.7. The number of alkyl halides is 3. The molecule has 0 amide bonds. The number of nitrogens with one attached hydrogen (secondary N) is 1. The summed E-state index contributed by atoms with van der Waals surface area (Å²) in [5, 5.41) is 0.517. The van der Waals surface area contributed by atoms with Crippen LogP contribution in [0.25, 0.3) is 33.3 Å². The Labute approximate surface area is 203 Å². The molecule has 4 aromatic rings. The van der Waals surface area contributed by atoms with Crippen LogP contribution >= 0.6 is 11.6 Å². The van der Waals surface area contributed by atoms with Crippen LogP contribution in [0.5, 0.6) is 6.01 Å². The molecule has 2 saturated heterocycles. The number of benzene rings is 3. The second kappa shape index (κ2) is 8.55. The quantitative estimate of drug-likeness (QED) is 0.347. The summed E-state index contributed by atoms with van der Waals surface area (Å²) in [5.41, 5.74) is 3.50. The van der Waals surface area contributed by atoms with Crippen LogP contribution in [0.3, 0.4) is 0 Å². The third-order valence-corrected chi connectivity index (χ3v) is 6.76. The van der Waals surface area contributed by atoms with Crippen molar-refractivity contribution in [2.24, 2.45) is 0 Å². The molecule has 0 radical (unpaired) electrons. The average Bonchev–Trinajstić information content (AvgIpc) is 3.55. The van der Waals surface area contributed by atoms with Gasteiger partial charge in [0.15, 0.2) is 6.10 Å². The first kappa shape index (κ1) is 22.4. The maximum atomic E-state index is 13.1. The molecule has 5 nitrogen and oxygen atoms in total. The predicted molar refractivity (Wildman–Crippen MR) is 125 cm³/mol. The number of aromatic amines is 1. The second-order valence-electron chi connectivity index (χ2n) is 8.70. The molecular formula is C26H20ClF3N2O3. The van der Waals surface area contributed by atoms with Crippen molar-refractivity contribution in [3.05, 3.63) is 71.2 Å². The highest BCUT2D eigenvalue weighted by molar-refractivity contribution is 6.34. The van der Waals surface area contributed by atoms with E-state index in [1.807, 2.05) is 18.2 Å². The van der Waals surface area contributed by atoms with Gasteiger partial charge in [-0.05, 0) is 47.4 Å². The standard InChI is InChI=1S/C26H20ClF3N2O3/c27-19-12-21-20(31-25(32-21)35-23-13-34-22-8-9-33-24(22)23)11-18(19)15-6-4-14(5-7-15)16-2-1-3-17(10-16)26(28,29)30/h1-7,10-12,22-24H,8-9,13H2,(H,31,32)/t22-,23?,24+/m1/s1. The lowest BCUT2D eigenvalue weighted by molar-refractivity contribution is -0.137. The van der Waals surface area contributed by atoms with E-state index in [1.165, 1.54) is 6.07 Å². The Morgan fingerprint density at radius 3 is 2.57 bits per heavy atom. The molecule has 180 valence electrons. The van der Waals surface area contributed by atoms with Gasteiger partial charge in [0, 0.05) is 12.2 Å². The van der Waals surface area contributed by atoms with Gasteiger partial charge in [0.1, 0.15) is 6.10 Å². The monoisotopic (exact) mass is 500 g/mol. The van der Waals surface area contributed by atoms with Crippen LogP contribution < -0.4 is 4.74 Å². The molecule has 1 aromatic heterocycles. The Kier molecular flexibility index (Phi) is 5.47. The minimum atomic E-state index is -4.39. The minimum Gasteiger partial charge on any atom is -0.456 e. The molecule has 6 rings (SSSR count). The van der Waals surface area contributed by atoms with Gasteiger partial charge in [-0.3, -0.25) is 0 Å². The first-order valence-electron chi connectivity index (χ1n) is 11.2. The summed E-state index contributed by atoms with van der Waals surface area (Å²) in [4.78, 5) is 7.71. The molecule has 0 saturated carbocycles. The number of rotatable bonds is 4. The van der Waals surface area contributed by atoms with Gasteiger partial charge < -0.3 is 19.2 Å². The summed E-state index contributed by atoms with van der Waals surface area (Å²) in [7, 11) is 0. The largest absolute Gasteiger partial charge is 0.456 e. The number of halogens is 4. The number of aromatic nitrogens is 2. The van der Waals surface area contributed by atoms with Gasteiger partial charge in [-0.25, -0.2) is 0 Å². The lowest BCUT2D eigenvalue weighted by Crippen LogP contribution is -2.32. The highest BCUT2D eigenvalue weighted by Crippen LogP contribution is 2.36. The van der Waals surface area contributed by atoms with Gasteiger partial charge in [-0.15, -0.1) is 0 Å². The molecular weight excluding hydrogens is 481 g/mol. The van der Waals surface area contributed by atoms with Gasteiger partial charge in [-0.1, -0.05) is 48.0 Å². The molecule has 3 aromatic carbocycles. The number of hydrogen-bond acceptors (Lipinski definition) is 4. The number of H-pyrrole nitrogens is 1. The molecule has 9 heteroatoms. The van der Waals surface area contributed by atoms with Crippen LogP contribution in [-0.2, 0) is 15.7 Å². The molecule has 35 heavy (non-hydrogen) atoms. The number of ether oxygens (including phenoxy) is 3. The van der Waals surface area contributed by atoms with Gasteiger partial charge in [0.25, 0.3) is 6.01 Å². The van der Waals surface area contributed by atoms with E-state index in [1.54, 1.807) is 24.3 Å². The van der Waals surface area contributed by atoms with Crippen molar-refractivity contribution in [2.45, 2.75) is 30.9 Å². The molecule has 1 N–H and O–H groups in total. The third-order valence-electron chi connectivity index (χ3n) is 6.45. The van der Waals surface area contributed by atoms with E-state index < -0.39 is 11.7 Å². The van der Waals surface area contributed by atoms with E-state index in [0.29, 0.717) is 40.9 Å². The number of imidazole rings is 1. The maximum absolute atomic E-state index is 13.1. The molecule has 0 spiro atoms. The van der Waals surface area contributed by atoms with Crippen molar-refractivity contribution in [3.8, 4) is 28.3 Å². The van der Waals surface area contributed by atoms with E-state index in [2.05, 4.69) is 9.97 Å². The SMILES string of the molecule is FC(F)(F)c1cccc(-c2ccc(-c3cc4nc(OC5CO[C@@H]6CCO[C@H]56)[nH]c4cc3Cl)cc2)c1. The zero-order valence-electron chi connectivity index (χ0n) is 18.3. The van der Waals surface area contributed by atoms with Gasteiger partial charge in [-0.2, -0.15) is 18.2 Å². The van der Waals surface area contributed by atoms with Crippen molar-refractivity contribution in [2.75, 3.05) is 13.2 Å². The smallest absolute Gasteiger partial charge is 0.416 e. The molecule has 2 aliphatic heterocycles. The summed E-state index contributed by atoms with van der Waals surface area (Å²) in [6.07, 6.45) is -3.75. The van der Waals surface area contributed by atoms with Crippen LogP contribution in [0.1, 0.15) is 12.0 Å². The van der Waals surface area contributed by atoms with Crippen molar-refractivity contribution < 1.29 is 27.4 Å². The van der Waals surface area contributed by atoms with Crippen LogP contribution in [-0.4, -0.2) is 41.5 Å². The number of nitrogens with zero attached hydrogens (tertiary/aromatic N) is 1. The van der Waals surface area contributed by atoms with Crippen molar-refractivity contribution in [1.29, 1.82) is 0 Å². The Morgan fingerprint density at radius 1 is 0.971 bits per heavy atom. The minimum absolute atomic E-state index is 0.0735. The van der Waals surface area contributed by atoms with E-state index in [9.17, 15) is 13.2 Å². The van der Waals surface area contributed by atoms with Gasteiger partial charge >= 0.3 is 6.18 Å². The third kappa shape index (κ3) is 4.26. The van der Waals surface area contributed by atoms with Gasteiger partial charge in [0.2, 0.25) is 0 Å². The molecule has 0 aliphatic carbocycles. The second-order valence-corrected chi connectivity index (χ2v) is 9.11.